The van der Waals surface area contributed by atoms with Gasteiger partial charge in [0.25, 0.3) is 0 Å². The van der Waals surface area contributed by atoms with Crippen molar-refractivity contribution >= 4 is 34.9 Å². The largest absolute Gasteiger partial charge is 0.454 e. The first-order valence-corrected chi connectivity index (χ1v) is 8.66. The van der Waals surface area contributed by atoms with Gasteiger partial charge in [0.2, 0.25) is 0 Å². The maximum Gasteiger partial charge on any atom is 0.180 e. The van der Waals surface area contributed by atoms with E-state index < -0.39 is 0 Å². The standard InChI is InChI=1S/C19H22N8O/c1-12(2)24-11-13(8-20)25-18-19-23-5-6-27(19)17-4-3-14(7-16(17)26-18)28-15(9-21)10-22/h3-12,20-21,24H,22H2,1-2H3,(H,25,26)/b13-11+,15-10+,20-8?,21-9?. The molecule has 0 unspecified atom stereocenters. The van der Waals surface area contributed by atoms with E-state index in [1.54, 1.807) is 24.5 Å². The van der Waals surface area contributed by atoms with Gasteiger partial charge in [-0.15, -0.1) is 0 Å². The molecule has 0 radical (unpaired) electrons. The first-order valence-electron chi connectivity index (χ1n) is 8.66. The Bertz CT molecular complexity index is 1080. The monoisotopic (exact) mass is 378 g/mol. The van der Waals surface area contributed by atoms with Gasteiger partial charge in [0, 0.05) is 43.1 Å². The molecule has 0 saturated heterocycles. The molecule has 0 amide bonds. The van der Waals surface area contributed by atoms with E-state index in [2.05, 4.69) is 20.6 Å². The molecule has 0 fully saturated rings. The van der Waals surface area contributed by atoms with Crippen molar-refractivity contribution < 1.29 is 4.74 Å². The van der Waals surface area contributed by atoms with E-state index in [1.807, 2.05) is 30.5 Å². The summed E-state index contributed by atoms with van der Waals surface area (Å²) in [7, 11) is 0. The molecular weight excluding hydrogens is 356 g/mol. The zero-order valence-electron chi connectivity index (χ0n) is 15.6. The SMILES string of the molecule is CC(C)N/C=C(\C=N)Nc1nc2cc(O/C(C=N)=C/N)ccc2n2ccnc12. The van der Waals surface area contributed by atoms with E-state index in [-0.39, 0.29) is 11.8 Å². The number of benzene rings is 1. The summed E-state index contributed by atoms with van der Waals surface area (Å²) in [6.07, 6.45) is 8.73. The number of fused-ring (bicyclic) bond motifs is 3. The second-order valence-electron chi connectivity index (χ2n) is 6.24. The molecule has 1 aromatic carbocycles. The predicted molar refractivity (Wildman–Crippen MR) is 111 cm³/mol. The lowest BCUT2D eigenvalue weighted by molar-refractivity contribution is 0.455. The molecule has 2 aromatic heterocycles. The van der Waals surface area contributed by atoms with Gasteiger partial charge in [-0.1, -0.05) is 0 Å². The topological polar surface area (TPSA) is 137 Å². The van der Waals surface area contributed by atoms with Crippen LogP contribution >= 0.6 is 0 Å². The summed E-state index contributed by atoms with van der Waals surface area (Å²) in [6, 6.07) is 5.64. The van der Waals surface area contributed by atoms with Crippen LogP contribution in [0.5, 0.6) is 5.75 Å². The third-order valence-corrected chi connectivity index (χ3v) is 3.82. The van der Waals surface area contributed by atoms with Crippen molar-refractivity contribution in [3.63, 3.8) is 0 Å². The number of hydrogen-bond donors (Lipinski definition) is 5. The minimum Gasteiger partial charge on any atom is -0.454 e. The van der Waals surface area contributed by atoms with Gasteiger partial charge in [0.15, 0.2) is 17.2 Å². The summed E-state index contributed by atoms with van der Waals surface area (Å²) < 4.78 is 7.48. The molecule has 9 nitrogen and oxygen atoms in total. The third-order valence-electron chi connectivity index (χ3n) is 3.82. The van der Waals surface area contributed by atoms with Crippen LogP contribution in [0.4, 0.5) is 5.82 Å². The Morgan fingerprint density at radius 2 is 2.11 bits per heavy atom. The molecule has 0 aliphatic carbocycles. The van der Waals surface area contributed by atoms with Crippen LogP contribution in [0.2, 0.25) is 0 Å². The number of nitrogens with one attached hydrogen (secondary N) is 4. The van der Waals surface area contributed by atoms with Crippen LogP contribution in [0, 0.1) is 10.8 Å². The van der Waals surface area contributed by atoms with Gasteiger partial charge in [0.1, 0.15) is 5.75 Å². The second kappa shape index (κ2) is 8.21. The molecule has 3 rings (SSSR count). The summed E-state index contributed by atoms with van der Waals surface area (Å²) in [5.74, 6) is 1.25. The summed E-state index contributed by atoms with van der Waals surface area (Å²) in [6.45, 7) is 4.03. The molecule has 0 spiro atoms. The van der Waals surface area contributed by atoms with Crippen molar-refractivity contribution in [2.45, 2.75) is 19.9 Å². The number of rotatable bonds is 8. The van der Waals surface area contributed by atoms with E-state index in [9.17, 15) is 0 Å². The van der Waals surface area contributed by atoms with Gasteiger partial charge < -0.3 is 31.9 Å². The Morgan fingerprint density at radius 1 is 1.29 bits per heavy atom. The van der Waals surface area contributed by atoms with E-state index in [0.29, 0.717) is 28.4 Å². The Morgan fingerprint density at radius 3 is 2.79 bits per heavy atom. The lowest BCUT2D eigenvalue weighted by Crippen LogP contribution is -2.18. The van der Waals surface area contributed by atoms with Crippen LogP contribution in [0.15, 0.2) is 54.4 Å². The van der Waals surface area contributed by atoms with E-state index in [4.69, 9.17) is 21.3 Å². The number of imidazole rings is 1. The zero-order valence-corrected chi connectivity index (χ0v) is 15.6. The number of nitrogens with two attached hydrogens (primary N) is 1. The zero-order chi connectivity index (χ0) is 20.1. The number of anilines is 1. The lowest BCUT2D eigenvalue weighted by atomic mass is 10.2. The normalized spacial score (nSPS) is 12.4. The Hall–Kier alpha value is -3.88. The molecule has 6 N–H and O–H groups in total. The fourth-order valence-electron chi connectivity index (χ4n) is 2.54. The van der Waals surface area contributed by atoms with Crippen LogP contribution in [0.3, 0.4) is 0 Å². The van der Waals surface area contributed by atoms with Gasteiger partial charge in [-0.05, 0) is 26.0 Å². The molecule has 0 aliphatic rings. The fourth-order valence-corrected chi connectivity index (χ4v) is 2.54. The van der Waals surface area contributed by atoms with Crippen molar-refractivity contribution in [3.8, 4) is 5.75 Å². The Balaban J connectivity index is 2.06. The molecule has 0 bridgehead atoms. The molecular formula is C19H22N8O. The minimum absolute atomic E-state index is 0.232. The molecule has 9 heteroatoms. The highest BCUT2D eigenvalue weighted by atomic mass is 16.5. The number of hydrogen-bond acceptors (Lipinski definition) is 8. The molecule has 3 aromatic rings. The summed E-state index contributed by atoms with van der Waals surface area (Å²) in [5.41, 5.74) is 8.14. The van der Waals surface area contributed by atoms with Crippen LogP contribution in [-0.4, -0.2) is 32.8 Å². The molecule has 0 aliphatic heterocycles. The first-order chi connectivity index (χ1) is 13.5. The number of ether oxygens (including phenoxy) is 1. The smallest absolute Gasteiger partial charge is 0.180 e. The summed E-state index contributed by atoms with van der Waals surface area (Å²) >= 11 is 0. The molecule has 28 heavy (non-hydrogen) atoms. The molecule has 2 heterocycles. The quantitative estimate of drug-likeness (QED) is 0.302. The first kappa shape index (κ1) is 18.9. The minimum atomic E-state index is 0.232. The van der Waals surface area contributed by atoms with Crippen molar-refractivity contribution in [2.24, 2.45) is 5.73 Å². The Kier molecular flexibility index (Phi) is 5.54. The van der Waals surface area contributed by atoms with Crippen molar-refractivity contribution in [2.75, 3.05) is 5.32 Å². The lowest BCUT2D eigenvalue weighted by Gasteiger charge is -2.12. The third kappa shape index (κ3) is 3.93. The van der Waals surface area contributed by atoms with Crippen LogP contribution in [0.25, 0.3) is 16.7 Å². The van der Waals surface area contributed by atoms with Gasteiger partial charge in [-0.25, -0.2) is 9.97 Å². The number of nitrogens with zero attached hydrogens (tertiary/aromatic N) is 3. The maximum absolute atomic E-state index is 7.63. The second-order valence-corrected chi connectivity index (χ2v) is 6.24. The van der Waals surface area contributed by atoms with E-state index >= 15 is 0 Å². The maximum atomic E-state index is 7.63. The van der Waals surface area contributed by atoms with Crippen molar-refractivity contribution in [1.29, 1.82) is 10.8 Å². The summed E-state index contributed by atoms with van der Waals surface area (Å²) in [5, 5.41) is 21.2. The van der Waals surface area contributed by atoms with Crippen molar-refractivity contribution in [1.82, 2.24) is 19.7 Å². The highest BCUT2D eigenvalue weighted by Gasteiger charge is 2.11. The van der Waals surface area contributed by atoms with E-state index in [1.165, 1.54) is 12.4 Å². The summed E-state index contributed by atoms with van der Waals surface area (Å²) in [4.78, 5) is 9.03. The average Bonchev–Trinajstić information content (AvgIpc) is 3.19. The van der Waals surface area contributed by atoms with Crippen LogP contribution in [0.1, 0.15) is 13.8 Å². The highest BCUT2D eigenvalue weighted by Crippen LogP contribution is 2.25. The highest BCUT2D eigenvalue weighted by molar-refractivity contribution is 5.88. The predicted octanol–water partition coefficient (Wildman–Crippen LogP) is 2.61. The van der Waals surface area contributed by atoms with Gasteiger partial charge in [-0.3, -0.25) is 4.40 Å². The van der Waals surface area contributed by atoms with Gasteiger partial charge >= 0.3 is 0 Å². The van der Waals surface area contributed by atoms with Crippen molar-refractivity contribution in [3.05, 3.63) is 54.4 Å². The Labute approximate surface area is 161 Å². The molecule has 0 atom stereocenters. The van der Waals surface area contributed by atoms with E-state index in [0.717, 1.165) is 11.7 Å². The molecule has 0 saturated carbocycles. The number of allylic oxidation sites excluding steroid dienone is 2. The van der Waals surface area contributed by atoms with Crippen LogP contribution in [-0.2, 0) is 0 Å². The van der Waals surface area contributed by atoms with Crippen LogP contribution < -0.4 is 21.1 Å². The number of aromatic nitrogens is 3. The fraction of sp³-hybridized carbons (Fsp3) is 0.158. The van der Waals surface area contributed by atoms with Gasteiger partial charge in [-0.2, -0.15) is 0 Å². The van der Waals surface area contributed by atoms with Gasteiger partial charge in [0.05, 0.1) is 22.9 Å². The average molecular weight is 378 g/mol. The molecule has 144 valence electrons.